The SMILES string of the molecule is CCCCCCCCN=C(N)NCCNC(=O)c1ccc(O)cc1.I. The van der Waals surface area contributed by atoms with Crippen molar-refractivity contribution in [2.45, 2.75) is 45.4 Å². The third-order valence-electron chi connectivity index (χ3n) is 3.64. The molecule has 0 saturated heterocycles. The van der Waals surface area contributed by atoms with Crippen LogP contribution in [0.25, 0.3) is 0 Å². The Morgan fingerprint density at radius 1 is 1.04 bits per heavy atom. The molecule has 0 unspecified atom stereocenters. The van der Waals surface area contributed by atoms with Crippen LogP contribution in [-0.2, 0) is 0 Å². The van der Waals surface area contributed by atoms with Crippen LogP contribution >= 0.6 is 24.0 Å². The molecule has 0 atom stereocenters. The number of benzene rings is 1. The maximum atomic E-state index is 11.8. The molecule has 1 aromatic rings. The maximum Gasteiger partial charge on any atom is 0.251 e. The lowest BCUT2D eigenvalue weighted by atomic mass is 10.1. The summed E-state index contributed by atoms with van der Waals surface area (Å²) in [5.41, 5.74) is 6.29. The molecule has 7 heteroatoms. The van der Waals surface area contributed by atoms with E-state index in [9.17, 15) is 9.90 Å². The van der Waals surface area contributed by atoms with Gasteiger partial charge < -0.3 is 21.5 Å². The molecule has 1 amide bonds. The van der Waals surface area contributed by atoms with Crippen molar-refractivity contribution in [3.8, 4) is 5.75 Å². The number of phenols is 1. The van der Waals surface area contributed by atoms with Crippen molar-refractivity contribution in [1.29, 1.82) is 0 Å². The van der Waals surface area contributed by atoms with Crippen LogP contribution in [0.1, 0.15) is 55.8 Å². The molecule has 0 radical (unpaired) electrons. The topological polar surface area (TPSA) is 99.7 Å². The summed E-state index contributed by atoms with van der Waals surface area (Å²) < 4.78 is 0. The summed E-state index contributed by atoms with van der Waals surface area (Å²) >= 11 is 0. The average Bonchev–Trinajstić information content (AvgIpc) is 2.58. The van der Waals surface area contributed by atoms with Gasteiger partial charge in [0.15, 0.2) is 5.96 Å². The molecular weight excluding hydrogens is 431 g/mol. The van der Waals surface area contributed by atoms with Crippen LogP contribution in [-0.4, -0.2) is 36.6 Å². The molecule has 0 spiro atoms. The molecule has 25 heavy (non-hydrogen) atoms. The van der Waals surface area contributed by atoms with E-state index in [4.69, 9.17) is 5.73 Å². The second-order valence-corrected chi connectivity index (χ2v) is 5.76. The number of carbonyl (C=O) groups excluding carboxylic acids is 1. The summed E-state index contributed by atoms with van der Waals surface area (Å²) in [6, 6.07) is 6.13. The standard InChI is InChI=1S/C18H30N4O2.HI/c1-2-3-4-5-6-7-12-21-18(19)22-14-13-20-17(24)15-8-10-16(23)11-9-15;/h8-11,23H,2-7,12-14H2,1H3,(H,20,24)(H3,19,21,22);1H. The second-order valence-electron chi connectivity index (χ2n) is 5.76. The number of halogens is 1. The number of phenolic OH excluding ortho intramolecular Hbond substituents is 1. The van der Waals surface area contributed by atoms with Gasteiger partial charge in [-0.05, 0) is 30.7 Å². The van der Waals surface area contributed by atoms with Gasteiger partial charge in [0.2, 0.25) is 0 Å². The van der Waals surface area contributed by atoms with Crippen LogP contribution in [0.5, 0.6) is 5.75 Å². The number of guanidine groups is 1. The van der Waals surface area contributed by atoms with Gasteiger partial charge in [0.25, 0.3) is 5.91 Å². The third kappa shape index (κ3) is 11.6. The van der Waals surface area contributed by atoms with Crippen molar-refractivity contribution in [3.63, 3.8) is 0 Å². The van der Waals surface area contributed by atoms with Crippen LogP contribution in [0, 0.1) is 0 Å². The van der Waals surface area contributed by atoms with E-state index < -0.39 is 0 Å². The van der Waals surface area contributed by atoms with Crippen molar-refractivity contribution >= 4 is 35.8 Å². The fraction of sp³-hybridized carbons (Fsp3) is 0.556. The van der Waals surface area contributed by atoms with Crippen LogP contribution in [0.3, 0.4) is 0 Å². The van der Waals surface area contributed by atoms with Crippen LogP contribution in [0.4, 0.5) is 0 Å². The molecular formula is C18H31IN4O2. The van der Waals surface area contributed by atoms with Gasteiger partial charge in [-0.2, -0.15) is 0 Å². The van der Waals surface area contributed by atoms with Gasteiger partial charge in [0, 0.05) is 25.2 Å². The highest BCUT2D eigenvalue weighted by atomic mass is 127. The summed E-state index contributed by atoms with van der Waals surface area (Å²) in [6.07, 6.45) is 7.39. The first-order valence-electron chi connectivity index (χ1n) is 8.74. The van der Waals surface area contributed by atoms with Crippen molar-refractivity contribution in [3.05, 3.63) is 29.8 Å². The number of nitrogens with two attached hydrogens (primary N) is 1. The fourth-order valence-corrected chi connectivity index (χ4v) is 2.23. The summed E-state index contributed by atoms with van der Waals surface area (Å²) in [5.74, 6) is 0.379. The molecule has 142 valence electrons. The van der Waals surface area contributed by atoms with Gasteiger partial charge in [0.05, 0.1) is 0 Å². The fourth-order valence-electron chi connectivity index (χ4n) is 2.23. The van der Waals surface area contributed by atoms with Crippen LogP contribution < -0.4 is 16.4 Å². The molecule has 0 fully saturated rings. The molecule has 0 aliphatic heterocycles. The number of hydrogen-bond donors (Lipinski definition) is 4. The molecule has 0 saturated carbocycles. The van der Waals surface area contributed by atoms with E-state index in [1.54, 1.807) is 12.1 Å². The van der Waals surface area contributed by atoms with E-state index in [2.05, 4.69) is 22.5 Å². The number of hydrogen-bond acceptors (Lipinski definition) is 3. The first-order valence-corrected chi connectivity index (χ1v) is 8.74. The maximum absolute atomic E-state index is 11.8. The summed E-state index contributed by atoms with van der Waals surface area (Å²) in [6.45, 7) is 3.93. The monoisotopic (exact) mass is 462 g/mol. The largest absolute Gasteiger partial charge is 0.508 e. The number of amides is 1. The second kappa shape index (κ2) is 14.8. The minimum atomic E-state index is -0.181. The lowest BCUT2D eigenvalue weighted by Crippen LogP contribution is -2.38. The van der Waals surface area contributed by atoms with E-state index in [1.807, 2.05) is 0 Å². The number of unbranched alkanes of at least 4 members (excludes halogenated alkanes) is 5. The number of nitrogens with zero attached hydrogens (tertiary/aromatic N) is 1. The van der Waals surface area contributed by atoms with Gasteiger partial charge >= 0.3 is 0 Å². The predicted molar refractivity (Wildman–Crippen MR) is 114 cm³/mol. The van der Waals surface area contributed by atoms with E-state index in [-0.39, 0.29) is 35.6 Å². The highest BCUT2D eigenvalue weighted by Gasteiger charge is 2.04. The number of aromatic hydroxyl groups is 1. The molecule has 0 aliphatic rings. The van der Waals surface area contributed by atoms with Gasteiger partial charge in [-0.15, -0.1) is 24.0 Å². The molecule has 0 aromatic heterocycles. The Labute approximate surface area is 167 Å². The zero-order valence-electron chi connectivity index (χ0n) is 15.0. The Balaban J connectivity index is 0.00000576. The van der Waals surface area contributed by atoms with Gasteiger partial charge in [-0.3, -0.25) is 9.79 Å². The molecule has 0 aliphatic carbocycles. The van der Waals surface area contributed by atoms with E-state index in [0.29, 0.717) is 24.6 Å². The minimum Gasteiger partial charge on any atom is -0.508 e. The van der Waals surface area contributed by atoms with Crippen molar-refractivity contribution in [2.75, 3.05) is 19.6 Å². The molecule has 0 heterocycles. The smallest absolute Gasteiger partial charge is 0.251 e. The quantitative estimate of drug-likeness (QED) is 0.176. The number of rotatable bonds is 11. The zero-order chi connectivity index (χ0) is 17.6. The highest BCUT2D eigenvalue weighted by Crippen LogP contribution is 2.09. The highest BCUT2D eigenvalue weighted by molar-refractivity contribution is 14.0. The first kappa shape index (κ1) is 23.5. The van der Waals surface area contributed by atoms with Crippen LogP contribution in [0.2, 0.25) is 0 Å². The molecule has 6 nitrogen and oxygen atoms in total. The summed E-state index contributed by atoms with van der Waals surface area (Å²) in [5, 5.41) is 14.9. The first-order chi connectivity index (χ1) is 11.6. The van der Waals surface area contributed by atoms with Crippen molar-refractivity contribution < 1.29 is 9.90 Å². The number of carbonyl (C=O) groups is 1. The Bertz CT molecular complexity index is 506. The van der Waals surface area contributed by atoms with E-state index in [0.717, 1.165) is 13.0 Å². The summed E-state index contributed by atoms with van der Waals surface area (Å²) in [4.78, 5) is 16.1. The molecule has 1 rings (SSSR count). The predicted octanol–water partition coefficient (Wildman–Crippen LogP) is 3.00. The van der Waals surface area contributed by atoms with Gasteiger partial charge in [0.1, 0.15) is 5.75 Å². The Morgan fingerprint density at radius 2 is 1.64 bits per heavy atom. The van der Waals surface area contributed by atoms with E-state index >= 15 is 0 Å². The average molecular weight is 462 g/mol. The Kier molecular flexibility index (Phi) is 13.9. The van der Waals surface area contributed by atoms with E-state index in [1.165, 1.54) is 44.2 Å². The van der Waals surface area contributed by atoms with Crippen molar-refractivity contribution in [2.24, 2.45) is 10.7 Å². The lowest BCUT2D eigenvalue weighted by Gasteiger charge is -2.08. The normalized spacial score (nSPS) is 10.8. The minimum absolute atomic E-state index is 0. The van der Waals surface area contributed by atoms with Gasteiger partial charge in [-0.1, -0.05) is 39.0 Å². The Hall–Kier alpha value is -1.51. The lowest BCUT2D eigenvalue weighted by molar-refractivity contribution is 0.0954. The van der Waals surface area contributed by atoms with Gasteiger partial charge in [-0.25, -0.2) is 0 Å². The molecule has 1 aromatic carbocycles. The third-order valence-corrected chi connectivity index (χ3v) is 3.64. The molecule has 0 bridgehead atoms. The number of aliphatic imine (C=N–C) groups is 1. The Morgan fingerprint density at radius 3 is 2.32 bits per heavy atom. The number of nitrogens with one attached hydrogen (secondary N) is 2. The van der Waals surface area contributed by atoms with Crippen LogP contribution in [0.15, 0.2) is 29.3 Å². The zero-order valence-corrected chi connectivity index (χ0v) is 17.3. The molecule has 5 N–H and O–H groups in total. The summed E-state index contributed by atoms with van der Waals surface area (Å²) in [7, 11) is 0. The van der Waals surface area contributed by atoms with Crippen molar-refractivity contribution in [1.82, 2.24) is 10.6 Å².